The quantitative estimate of drug-likeness (QED) is 0.276. The van der Waals surface area contributed by atoms with Crippen molar-refractivity contribution in [1.82, 2.24) is 0 Å². The van der Waals surface area contributed by atoms with Crippen molar-refractivity contribution in [3.05, 3.63) is 61.7 Å². The number of carbonyl (C=O) groups excluding carboxylic acids is 2. The number of hydrogen-bond donors (Lipinski definition) is 0. The fourth-order valence-corrected chi connectivity index (χ4v) is 4.78. The van der Waals surface area contributed by atoms with E-state index in [0.717, 1.165) is 27.5 Å². The molecule has 0 atom stereocenters. The lowest BCUT2D eigenvalue weighted by Crippen LogP contribution is -2.34. The van der Waals surface area contributed by atoms with Crippen LogP contribution in [0.4, 0.5) is 0 Å². The maximum Gasteiger partial charge on any atom is 0.337 e. The van der Waals surface area contributed by atoms with E-state index < -0.39 is 5.97 Å². The highest BCUT2D eigenvalue weighted by Gasteiger charge is 2.37. The first-order valence-electron chi connectivity index (χ1n) is 10.2. The van der Waals surface area contributed by atoms with Gasteiger partial charge in [0.15, 0.2) is 12.4 Å². The van der Waals surface area contributed by atoms with Gasteiger partial charge in [-0.05, 0) is 94.1 Å². The summed E-state index contributed by atoms with van der Waals surface area (Å²) >= 11 is 2.10. The van der Waals surface area contributed by atoms with Gasteiger partial charge in [-0.15, -0.1) is 0 Å². The van der Waals surface area contributed by atoms with E-state index in [2.05, 4.69) is 62.4 Å². The number of hydrogen-bond acceptors (Lipinski definition) is 4. The van der Waals surface area contributed by atoms with E-state index in [-0.39, 0.29) is 23.2 Å². The number of methoxy groups -OCH3 is 1. The molecule has 0 bridgehead atoms. The summed E-state index contributed by atoms with van der Waals surface area (Å²) in [5.74, 6) is 0.141. The summed E-state index contributed by atoms with van der Waals surface area (Å²) in [7, 11) is 1.35. The van der Waals surface area contributed by atoms with Crippen LogP contribution in [-0.4, -0.2) is 25.5 Å². The smallest absolute Gasteiger partial charge is 0.337 e. The first-order chi connectivity index (χ1) is 14.0. The number of esters is 1. The van der Waals surface area contributed by atoms with Crippen LogP contribution in [0.3, 0.4) is 0 Å². The molecule has 0 amide bonds. The second-order valence-electron chi connectivity index (χ2n) is 9.33. The van der Waals surface area contributed by atoms with Crippen LogP contribution in [0, 0.1) is 10.5 Å². The van der Waals surface area contributed by atoms with Crippen molar-refractivity contribution in [3.63, 3.8) is 0 Å². The van der Waals surface area contributed by atoms with Crippen LogP contribution in [0.15, 0.2) is 30.3 Å². The Hall–Kier alpha value is -1.89. The topological polar surface area (TPSA) is 52.6 Å². The summed E-state index contributed by atoms with van der Waals surface area (Å²) in [5, 5.41) is 0. The summed E-state index contributed by atoms with van der Waals surface area (Å²) < 4.78 is 11.3. The minimum Gasteiger partial charge on any atom is -0.484 e. The number of halogens is 1. The van der Waals surface area contributed by atoms with Crippen molar-refractivity contribution in [2.75, 3.05) is 13.7 Å². The van der Waals surface area contributed by atoms with Gasteiger partial charge in [0.1, 0.15) is 5.75 Å². The largest absolute Gasteiger partial charge is 0.484 e. The van der Waals surface area contributed by atoms with Crippen molar-refractivity contribution >= 4 is 34.3 Å². The molecule has 0 spiro atoms. The van der Waals surface area contributed by atoms with Crippen molar-refractivity contribution in [2.45, 2.75) is 58.3 Å². The standard InChI is InChI=1S/C25H29IO4/c1-15-11-18-19(25(4,5)10-9-24(18,2)3)13-17(15)21(27)14-30-22-8-7-16(12-20(22)26)23(28)29-6/h7-8,11-13H,9-10,14H2,1-6H3. The van der Waals surface area contributed by atoms with E-state index in [1.807, 2.05) is 6.92 Å². The Labute approximate surface area is 192 Å². The number of fused-ring (bicyclic) bond motifs is 1. The van der Waals surface area contributed by atoms with Crippen LogP contribution in [0.2, 0.25) is 0 Å². The predicted octanol–water partition coefficient (Wildman–Crippen LogP) is 6.00. The molecule has 2 aromatic carbocycles. The van der Waals surface area contributed by atoms with Gasteiger partial charge in [0.2, 0.25) is 0 Å². The van der Waals surface area contributed by atoms with E-state index >= 15 is 0 Å². The minimum absolute atomic E-state index is 0.0395. The number of benzene rings is 2. The first kappa shape index (κ1) is 22.8. The Bertz CT molecular complexity index is 1000. The molecule has 4 nitrogen and oxygen atoms in total. The second kappa shape index (κ2) is 8.33. The van der Waals surface area contributed by atoms with Crippen molar-refractivity contribution in [1.29, 1.82) is 0 Å². The normalized spacial score (nSPS) is 16.5. The van der Waals surface area contributed by atoms with Crippen LogP contribution in [0.1, 0.15) is 77.9 Å². The predicted molar refractivity (Wildman–Crippen MR) is 127 cm³/mol. The van der Waals surface area contributed by atoms with Gasteiger partial charge in [0, 0.05) is 5.56 Å². The molecule has 30 heavy (non-hydrogen) atoms. The van der Waals surface area contributed by atoms with Gasteiger partial charge in [-0.25, -0.2) is 4.79 Å². The molecular formula is C25H29IO4. The molecule has 0 fully saturated rings. The van der Waals surface area contributed by atoms with Gasteiger partial charge >= 0.3 is 5.97 Å². The van der Waals surface area contributed by atoms with E-state index in [1.165, 1.54) is 18.2 Å². The third-order valence-corrected chi connectivity index (χ3v) is 7.05. The number of ether oxygens (including phenoxy) is 2. The zero-order valence-electron chi connectivity index (χ0n) is 18.5. The van der Waals surface area contributed by atoms with Crippen LogP contribution in [-0.2, 0) is 15.6 Å². The van der Waals surface area contributed by atoms with Gasteiger partial charge in [0.25, 0.3) is 0 Å². The molecule has 1 aliphatic carbocycles. The van der Waals surface area contributed by atoms with Crippen molar-refractivity contribution < 1.29 is 19.1 Å². The van der Waals surface area contributed by atoms with E-state index in [0.29, 0.717) is 11.3 Å². The lowest BCUT2D eigenvalue weighted by molar-refractivity contribution is 0.0600. The third-order valence-electron chi connectivity index (χ3n) is 6.21. The van der Waals surface area contributed by atoms with Crippen LogP contribution in [0.5, 0.6) is 5.75 Å². The molecule has 5 heteroatoms. The zero-order chi connectivity index (χ0) is 22.3. The van der Waals surface area contributed by atoms with Crippen LogP contribution >= 0.6 is 22.6 Å². The molecular weight excluding hydrogens is 491 g/mol. The summed E-state index contributed by atoms with van der Waals surface area (Å²) in [6, 6.07) is 9.32. The minimum atomic E-state index is -0.397. The highest BCUT2D eigenvalue weighted by Crippen LogP contribution is 2.46. The summed E-state index contributed by atoms with van der Waals surface area (Å²) in [6.07, 6.45) is 2.24. The maximum absolute atomic E-state index is 13.0. The van der Waals surface area contributed by atoms with Crippen molar-refractivity contribution in [2.24, 2.45) is 0 Å². The molecule has 0 aliphatic heterocycles. The van der Waals surface area contributed by atoms with Gasteiger partial charge in [0.05, 0.1) is 16.2 Å². The molecule has 160 valence electrons. The van der Waals surface area contributed by atoms with Gasteiger partial charge in [-0.3, -0.25) is 4.79 Å². The lowest BCUT2D eigenvalue weighted by atomic mass is 9.62. The zero-order valence-corrected chi connectivity index (χ0v) is 20.7. The average Bonchev–Trinajstić information content (AvgIpc) is 2.69. The Morgan fingerprint density at radius 3 is 2.17 bits per heavy atom. The number of ketones is 1. The van der Waals surface area contributed by atoms with Gasteiger partial charge in [-0.1, -0.05) is 33.8 Å². The molecule has 1 aliphatic rings. The molecule has 2 aromatic rings. The first-order valence-corrected chi connectivity index (χ1v) is 11.2. The molecule has 3 rings (SSSR count). The third kappa shape index (κ3) is 4.41. The second-order valence-corrected chi connectivity index (χ2v) is 10.5. The lowest BCUT2D eigenvalue weighted by Gasteiger charge is -2.42. The monoisotopic (exact) mass is 520 g/mol. The average molecular weight is 520 g/mol. The van der Waals surface area contributed by atoms with E-state index in [4.69, 9.17) is 9.47 Å². The van der Waals surface area contributed by atoms with Crippen molar-refractivity contribution in [3.8, 4) is 5.75 Å². The molecule has 0 radical (unpaired) electrons. The summed E-state index contributed by atoms with van der Waals surface area (Å²) in [5.41, 5.74) is 4.95. The summed E-state index contributed by atoms with van der Waals surface area (Å²) in [4.78, 5) is 24.7. The SMILES string of the molecule is COC(=O)c1ccc(OCC(=O)c2cc3c(cc2C)C(C)(C)CCC3(C)C)c(I)c1. The van der Waals surface area contributed by atoms with Crippen LogP contribution in [0.25, 0.3) is 0 Å². The van der Waals surface area contributed by atoms with E-state index in [1.54, 1.807) is 18.2 Å². The molecule has 0 saturated heterocycles. The van der Waals surface area contributed by atoms with Gasteiger partial charge < -0.3 is 9.47 Å². The molecule has 0 aromatic heterocycles. The highest BCUT2D eigenvalue weighted by atomic mass is 127. The highest BCUT2D eigenvalue weighted by molar-refractivity contribution is 14.1. The number of aryl methyl sites for hydroxylation is 1. The molecule has 0 unspecified atom stereocenters. The van der Waals surface area contributed by atoms with Gasteiger partial charge in [-0.2, -0.15) is 0 Å². The Kier molecular flexibility index (Phi) is 6.33. The van der Waals surface area contributed by atoms with E-state index in [9.17, 15) is 9.59 Å². The van der Waals surface area contributed by atoms with Crippen LogP contribution < -0.4 is 4.74 Å². The Morgan fingerprint density at radius 2 is 1.60 bits per heavy atom. The fourth-order valence-electron chi connectivity index (χ4n) is 4.11. The fraction of sp³-hybridized carbons (Fsp3) is 0.440. The maximum atomic E-state index is 13.0. The summed E-state index contributed by atoms with van der Waals surface area (Å²) in [6.45, 7) is 11.0. The number of Topliss-reactive ketones (excluding diaryl/α,β-unsaturated/α-hetero) is 1. The number of rotatable bonds is 5. The Balaban J connectivity index is 1.84. The molecule has 0 heterocycles. The number of carbonyl (C=O) groups is 2. The molecule has 0 saturated carbocycles. The Morgan fingerprint density at radius 1 is 1.00 bits per heavy atom. The molecule has 0 N–H and O–H groups in total.